The maximum absolute atomic E-state index is 11.7. The number of aliphatic carboxylic acids is 1. The zero-order chi connectivity index (χ0) is 14.6. The van der Waals surface area contributed by atoms with Crippen molar-refractivity contribution in [3.8, 4) is 0 Å². The van der Waals surface area contributed by atoms with Crippen LogP contribution in [-0.2, 0) is 9.53 Å². The van der Waals surface area contributed by atoms with Gasteiger partial charge in [0.15, 0.2) is 0 Å². The Bertz CT molecular complexity index is 319. The molecule has 0 atom stereocenters. The van der Waals surface area contributed by atoms with Crippen molar-refractivity contribution in [3.05, 3.63) is 0 Å². The van der Waals surface area contributed by atoms with Crippen LogP contribution in [0.15, 0.2) is 0 Å². The van der Waals surface area contributed by atoms with E-state index in [1.54, 1.807) is 0 Å². The third-order valence-corrected chi connectivity index (χ3v) is 4.76. The quantitative estimate of drug-likeness (QED) is 0.820. The van der Waals surface area contributed by atoms with Crippen LogP contribution in [0, 0.1) is 11.3 Å². The van der Waals surface area contributed by atoms with E-state index in [4.69, 9.17) is 4.74 Å². The molecule has 5 heteroatoms. The zero-order valence-electron chi connectivity index (χ0n) is 12.8. The lowest BCUT2D eigenvalue weighted by atomic mass is 9.79. The van der Waals surface area contributed by atoms with Gasteiger partial charge in [0.1, 0.15) is 0 Å². The van der Waals surface area contributed by atoms with Crippen molar-refractivity contribution >= 4 is 5.97 Å². The first-order valence-electron chi connectivity index (χ1n) is 7.70. The highest BCUT2D eigenvalue weighted by Gasteiger charge is 2.42. The molecule has 1 N–H and O–H groups in total. The molecular formula is C15H28N2O3. The van der Waals surface area contributed by atoms with Gasteiger partial charge in [0.2, 0.25) is 0 Å². The number of piperidine rings is 1. The van der Waals surface area contributed by atoms with E-state index in [0.717, 1.165) is 25.6 Å². The number of carboxylic acids is 1. The van der Waals surface area contributed by atoms with Crippen molar-refractivity contribution in [2.45, 2.75) is 25.7 Å². The average Bonchev–Trinajstić information content (AvgIpc) is 2.41. The zero-order valence-corrected chi connectivity index (χ0v) is 12.8. The summed E-state index contributed by atoms with van der Waals surface area (Å²) in [7, 11) is 4.24. The fourth-order valence-electron chi connectivity index (χ4n) is 3.47. The van der Waals surface area contributed by atoms with E-state index in [-0.39, 0.29) is 0 Å². The van der Waals surface area contributed by atoms with Gasteiger partial charge in [0, 0.05) is 26.3 Å². The van der Waals surface area contributed by atoms with Crippen LogP contribution in [0.3, 0.4) is 0 Å². The largest absolute Gasteiger partial charge is 0.481 e. The van der Waals surface area contributed by atoms with Crippen molar-refractivity contribution in [2.75, 3.05) is 53.5 Å². The highest BCUT2D eigenvalue weighted by Crippen LogP contribution is 2.33. The Morgan fingerprint density at radius 1 is 1.30 bits per heavy atom. The molecule has 0 spiro atoms. The Labute approximate surface area is 121 Å². The molecule has 0 aromatic rings. The smallest absolute Gasteiger partial charge is 0.311 e. The summed E-state index contributed by atoms with van der Waals surface area (Å²) >= 11 is 0. The molecule has 0 aliphatic carbocycles. The van der Waals surface area contributed by atoms with Crippen molar-refractivity contribution in [3.63, 3.8) is 0 Å². The molecule has 5 nitrogen and oxygen atoms in total. The maximum Gasteiger partial charge on any atom is 0.311 e. The van der Waals surface area contributed by atoms with Crippen LogP contribution in [0.5, 0.6) is 0 Å². The number of nitrogens with zero attached hydrogens (tertiary/aromatic N) is 2. The minimum atomic E-state index is -0.642. The van der Waals surface area contributed by atoms with Gasteiger partial charge in [0.25, 0.3) is 0 Å². The second-order valence-electron chi connectivity index (χ2n) is 6.68. The standard InChI is InChI=1S/C15H28N2O3/c1-16(2)11-13-3-7-17(8-4-13)12-15(14(18)19)5-9-20-10-6-15/h13H,3-12H2,1-2H3,(H,18,19). The molecule has 2 heterocycles. The number of rotatable bonds is 5. The number of carbonyl (C=O) groups is 1. The van der Waals surface area contributed by atoms with Crippen LogP contribution in [-0.4, -0.2) is 74.4 Å². The van der Waals surface area contributed by atoms with Crippen LogP contribution in [0.4, 0.5) is 0 Å². The van der Waals surface area contributed by atoms with Crippen molar-refractivity contribution in [2.24, 2.45) is 11.3 Å². The molecule has 0 saturated carbocycles. The van der Waals surface area contributed by atoms with Crippen molar-refractivity contribution in [1.29, 1.82) is 0 Å². The van der Waals surface area contributed by atoms with Gasteiger partial charge in [-0.2, -0.15) is 0 Å². The number of hydrogen-bond donors (Lipinski definition) is 1. The first kappa shape index (κ1) is 15.7. The monoisotopic (exact) mass is 284 g/mol. The van der Waals surface area contributed by atoms with Crippen LogP contribution >= 0.6 is 0 Å². The first-order chi connectivity index (χ1) is 9.52. The summed E-state index contributed by atoms with van der Waals surface area (Å²) in [5.74, 6) is 0.118. The molecule has 2 saturated heterocycles. The molecule has 20 heavy (non-hydrogen) atoms. The van der Waals surface area contributed by atoms with Gasteiger partial charge >= 0.3 is 5.97 Å². The molecule has 0 amide bonds. The van der Waals surface area contributed by atoms with Gasteiger partial charge in [0.05, 0.1) is 5.41 Å². The number of hydrogen-bond acceptors (Lipinski definition) is 4. The molecule has 116 valence electrons. The van der Waals surface area contributed by atoms with Gasteiger partial charge < -0.3 is 19.6 Å². The van der Waals surface area contributed by atoms with Crippen molar-refractivity contribution in [1.82, 2.24) is 9.80 Å². The molecule has 0 unspecified atom stereocenters. The number of ether oxygens (including phenoxy) is 1. The van der Waals surface area contributed by atoms with Crippen LogP contribution < -0.4 is 0 Å². The second-order valence-corrected chi connectivity index (χ2v) is 6.68. The third-order valence-electron chi connectivity index (χ3n) is 4.76. The molecule has 2 aliphatic heterocycles. The normalized spacial score (nSPS) is 24.9. The van der Waals surface area contributed by atoms with Crippen molar-refractivity contribution < 1.29 is 14.6 Å². The second kappa shape index (κ2) is 6.87. The van der Waals surface area contributed by atoms with E-state index >= 15 is 0 Å². The highest BCUT2D eigenvalue weighted by molar-refractivity contribution is 5.75. The summed E-state index contributed by atoms with van der Waals surface area (Å²) in [5.41, 5.74) is -0.577. The Morgan fingerprint density at radius 3 is 2.40 bits per heavy atom. The Kier molecular flexibility index (Phi) is 5.41. The lowest BCUT2D eigenvalue weighted by Crippen LogP contribution is -2.49. The van der Waals surface area contributed by atoms with E-state index in [1.165, 1.54) is 12.8 Å². The third kappa shape index (κ3) is 3.93. The predicted molar refractivity (Wildman–Crippen MR) is 77.8 cm³/mol. The summed E-state index contributed by atoms with van der Waals surface area (Å²) < 4.78 is 5.34. The summed E-state index contributed by atoms with van der Waals surface area (Å²) in [6.07, 6.45) is 3.68. The molecule has 2 aliphatic rings. The molecule has 0 radical (unpaired) electrons. The molecular weight excluding hydrogens is 256 g/mol. The van der Waals surface area contributed by atoms with Gasteiger partial charge in [-0.25, -0.2) is 0 Å². The lowest BCUT2D eigenvalue weighted by molar-refractivity contribution is -0.157. The highest BCUT2D eigenvalue weighted by atomic mass is 16.5. The number of carboxylic acid groups (broad SMARTS) is 1. The first-order valence-corrected chi connectivity index (χ1v) is 7.70. The van der Waals surface area contributed by atoms with E-state index in [1.807, 2.05) is 0 Å². The molecule has 2 rings (SSSR count). The molecule has 2 fully saturated rings. The topological polar surface area (TPSA) is 53.0 Å². The average molecular weight is 284 g/mol. The minimum Gasteiger partial charge on any atom is -0.481 e. The molecule has 0 aromatic heterocycles. The summed E-state index contributed by atoms with van der Waals surface area (Å²) in [6.45, 7) is 5.09. The Hall–Kier alpha value is -0.650. The lowest BCUT2D eigenvalue weighted by Gasteiger charge is -2.40. The van der Waals surface area contributed by atoms with E-state index < -0.39 is 11.4 Å². The van der Waals surface area contributed by atoms with Crippen LogP contribution in [0.1, 0.15) is 25.7 Å². The summed E-state index contributed by atoms with van der Waals surface area (Å²) in [6, 6.07) is 0. The minimum absolute atomic E-state index is 0.577. The van der Waals surface area contributed by atoms with E-state index in [0.29, 0.717) is 32.6 Å². The number of likely N-dealkylation sites (tertiary alicyclic amines) is 1. The van der Waals surface area contributed by atoms with Gasteiger partial charge in [-0.15, -0.1) is 0 Å². The predicted octanol–water partition coefficient (Wildman–Crippen LogP) is 1.14. The summed E-state index contributed by atoms with van der Waals surface area (Å²) in [5, 5.41) is 9.60. The Balaban J connectivity index is 1.85. The van der Waals surface area contributed by atoms with Gasteiger partial charge in [-0.1, -0.05) is 0 Å². The fraction of sp³-hybridized carbons (Fsp3) is 0.933. The maximum atomic E-state index is 11.7. The van der Waals surface area contributed by atoms with Gasteiger partial charge in [-0.3, -0.25) is 4.79 Å². The van der Waals surface area contributed by atoms with Crippen LogP contribution in [0.2, 0.25) is 0 Å². The van der Waals surface area contributed by atoms with Gasteiger partial charge in [-0.05, 0) is 58.8 Å². The van der Waals surface area contributed by atoms with Crippen LogP contribution in [0.25, 0.3) is 0 Å². The molecule has 0 aromatic carbocycles. The van der Waals surface area contributed by atoms with E-state index in [2.05, 4.69) is 23.9 Å². The fourth-order valence-corrected chi connectivity index (χ4v) is 3.47. The van der Waals surface area contributed by atoms with E-state index in [9.17, 15) is 9.90 Å². The Morgan fingerprint density at radius 2 is 1.90 bits per heavy atom. The molecule has 0 bridgehead atoms. The summed E-state index contributed by atoms with van der Waals surface area (Å²) in [4.78, 5) is 16.3. The SMILES string of the molecule is CN(C)CC1CCN(CC2(C(=O)O)CCOCC2)CC1.